The number of aromatic nitrogens is 4. The number of methoxy groups -OCH3 is 1. The molecule has 0 unspecified atom stereocenters. The molecule has 4 rings (SSSR count). The molecule has 1 aliphatic heterocycles. The zero-order valence-corrected chi connectivity index (χ0v) is 15.3. The fraction of sp³-hybridized carbons (Fsp3) is 0.250. The number of ether oxygens (including phenoxy) is 1. The summed E-state index contributed by atoms with van der Waals surface area (Å²) in [5.41, 5.74) is 1.51. The van der Waals surface area contributed by atoms with Crippen LogP contribution in [0.2, 0.25) is 0 Å². The first-order valence-corrected chi connectivity index (χ1v) is 8.95. The molecular weight excluding hydrogens is 358 g/mol. The first kappa shape index (κ1) is 17.8. The summed E-state index contributed by atoms with van der Waals surface area (Å²) in [4.78, 5) is 42.2. The molecule has 4 heterocycles. The predicted molar refractivity (Wildman–Crippen MR) is 102 cm³/mol. The number of nitrogens with one attached hydrogen (secondary N) is 1. The zero-order chi connectivity index (χ0) is 19.5. The van der Waals surface area contributed by atoms with Crippen LogP contribution in [-0.4, -0.2) is 50.9 Å². The second kappa shape index (κ2) is 7.59. The highest BCUT2D eigenvalue weighted by molar-refractivity contribution is 5.94. The average Bonchev–Trinajstić information content (AvgIpc) is 3.23. The van der Waals surface area contributed by atoms with Gasteiger partial charge in [0.05, 0.1) is 18.4 Å². The number of hydrogen-bond donors (Lipinski definition) is 1. The summed E-state index contributed by atoms with van der Waals surface area (Å²) in [6.07, 6.45) is 5.55. The van der Waals surface area contributed by atoms with Crippen molar-refractivity contribution < 1.29 is 9.53 Å². The molecule has 8 nitrogen and oxygen atoms in total. The topological polar surface area (TPSA) is 101 Å². The van der Waals surface area contributed by atoms with Crippen LogP contribution in [0.5, 0.6) is 5.88 Å². The normalized spacial score (nSPS) is 16.2. The highest BCUT2D eigenvalue weighted by Gasteiger charge is 2.30. The van der Waals surface area contributed by atoms with Crippen LogP contribution in [-0.2, 0) is 0 Å². The van der Waals surface area contributed by atoms with Crippen LogP contribution >= 0.6 is 0 Å². The molecule has 1 amide bonds. The van der Waals surface area contributed by atoms with E-state index >= 15 is 0 Å². The van der Waals surface area contributed by atoms with E-state index in [1.807, 2.05) is 6.07 Å². The van der Waals surface area contributed by atoms with Crippen molar-refractivity contribution in [1.82, 2.24) is 24.8 Å². The summed E-state index contributed by atoms with van der Waals surface area (Å²) >= 11 is 0. The molecule has 3 aromatic heterocycles. The van der Waals surface area contributed by atoms with E-state index in [9.17, 15) is 9.59 Å². The Balaban J connectivity index is 1.60. The van der Waals surface area contributed by atoms with Crippen LogP contribution in [0.3, 0.4) is 0 Å². The molecule has 28 heavy (non-hydrogen) atoms. The number of nitrogens with zero attached hydrogens (tertiary/aromatic N) is 4. The van der Waals surface area contributed by atoms with E-state index in [1.165, 1.54) is 13.2 Å². The maximum atomic E-state index is 12.6. The minimum atomic E-state index is -0.246. The van der Waals surface area contributed by atoms with Gasteiger partial charge in [-0.25, -0.2) is 9.97 Å². The number of aromatic amines is 1. The molecule has 0 radical (unpaired) electrons. The van der Waals surface area contributed by atoms with Gasteiger partial charge in [0.15, 0.2) is 0 Å². The quantitative estimate of drug-likeness (QED) is 0.745. The van der Waals surface area contributed by atoms with Gasteiger partial charge < -0.3 is 14.6 Å². The van der Waals surface area contributed by atoms with Crippen molar-refractivity contribution in [1.29, 1.82) is 0 Å². The third-order valence-corrected chi connectivity index (χ3v) is 4.79. The highest BCUT2D eigenvalue weighted by atomic mass is 16.5. The lowest BCUT2D eigenvalue weighted by atomic mass is 10.1. The fourth-order valence-corrected chi connectivity index (χ4v) is 3.40. The second-order valence-electron chi connectivity index (χ2n) is 6.55. The standard InChI is InChI=1S/C20H19N5O3/c1-28-19-15(3-2-7-22-19)16-11-17(26)24-18(23-16)14-6-10-25(12-14)20(27)13-4-8-21-9-5-13/h2-5,7-9,11,14H,6,10,12H2,1H3,(H,23,24,26)/t14-/m1/s1. The first-order valence-electron chi connectivity index (χ1n) is 8.95. The SMILES string of the molecule is COc1ncccc1-c1cc(=O)[nH]c([C@@H]2CCN(C(=O)c3ccncc3)C2)n1. The van der Waals surface area contributed by atoms with Crippen LogP contribution in [0, 0.1) is 0 Å². The van der Waals surface area contributed by atoms with E-state index in [1.54, 1.807) is 41.7 Å². The third-order valence-electron chi connectivity index (χ3n) is 4.79. The molecule has 1 atom stereocenters. The van der Waals surface area contributed by atoms with Gasteiger partial charge in [0.25, 0.3) is 11.5 Å². The van der Waals surface area contributed by atoms with Gasteiger partial charge in [0, 0.05) is 49.2 Å². The lowest BCUT2D eigenvalue weighted by Gasteiger charge is -2.16. The number of hydrogen-bond acceptors (Lipinski definition) is 6. The van der Waals surface area contributed by atoms with Crippen LogP contribution < -0.4 is 10.3 Å². The molecular formula is C20H19N5O3. The minimum absolute atomic E-state index is 0.0406. The monoisotopic (exact) mass is 377 g/mol. The second-order valence-corrected chi connectivity index (χ2v) is 6.55. The molecule has 1 saturated heterocycles. The summed E-state index contributed by atoms with van der Waals surface area (Å²) in [6.45, 7) is 1.10. The van der Waals surface area contributed by atoms with Crippen molar-refractivity contribution >= 4 is 5.91 Å². The van der Waals surface area contributed by atoms with Gasteiger partial charge in [0.2, 0.25) is 5.88 Å². The Hall–Kier alpha value is -3.55. The van der Waals surface area contributed by atoms with Crippen molar-refractivity contribution in [2.45, 2.75) is 12.3 Å². The lowest BCUT2D eigenvalue weighted by molar-refractivity contribution is 0.0790. The van der Waals surface area contributed by atoms with Gasteiger partial charge in [-0.1, -0.05) is 0 Å². The summed E-state index contributed by atoms with van der Waals surface area (Å²) in [5, 5.41) is 0. The Morgan fingerprint density at radius 2 is 2.07 bits per heavy atom. The number of H-pyrrole nitrogens is 1. The Labute approximate surface area is 161 Å². The molecule has 1 N–H and O–H groups in total. The molecule has 8 heteroatoms. The zero-order valence-electron chi connectivity index (χ0n) is 15.3. The van der Waals surface area contributed by atoms with E-state index in [-0.39, 0.29) is 17.4 Å². The summed E-state index contributed by atoms with van der Waals surface area (Å²) in [6, 6.07) is 8.41. The molecule has 142 valence electrons. The number of amides is 1. The molecule has 3 aromatic rings. The number of rotatable bonds is 4. The van der Waals surface area contributed by atoms with E-state index in [0.717, 1.165) is 6.42 Å². The van der Waals surface area contributed by atoms with Crippen molar-refractivity contribution in [2.75, 3.05) is 20.2 Å². The van der Waals surface area contributed by atoms with Crippen LogP contribution in [0.4, 0.5) is 0 Å². The Morgan fingerprint density at radius 1 is 1.25 bits per heavy atom. The van der Waals surface area contributed by atoms with E-state index in [2.05, 4.69) is 19.9 Å². The maximum Gasteiger partial charge on any atom is 0.253 e. The summed E-state index contributed by atoms with van der Waals surface area (Å²) in [5.74, 6) is 0.893. The third kappa shape index (κ3) is 3.48. The molecule has 0 bridgehead atoms. The molecule has 1 aliphatic rings. The van der Waals surface area contributed by atoms with Gasteiger partial charge in [-0.3, -0.25) is 14.6 Å². The number of carbonyl (C=O) groups is 1. The minimum Gasteiger partial charge on any atom is -0.481 e. The smallest absolute Gasteiger partial charge is 0.253 e. The van der Waals surface area contributed by atoms with Crippen LogP contribution in [0.15, 0.2) is 53.7 Å². The molecule has 1 fully saturated rings. The van der Waals surface area contributed by atoms with Gasteiger partial charge in [-0.15, -0.1) is 0 Å². The number of carbonyl (C=O) groups excluding carboxylic acids is 1. The number of pyridine rings is 2. The molecule has 0 aromatic carbocycles. The van der Waals surface area contributed by atoms with E-state index < -0.39 is 0 Å². The van der Waals surface area contributed by atoms with Gasteiger partial charge in [0.1, 0.15) is 5.82 Å². The Kier molecular flexibility index (Phi) is 4.84. The van der Waals surface area contributed by atoms with Crippen molar-refractivity contribution in [2.24, 2.45) is 0 Å². The van der Waals surface area contributed by atoms with Gasteiger partial charge in [-0.05, 0) is 30.7 Å². The predicted octanol–water partition coefficient (Wildman–Crippen LogP) is 1.87. The largest absolute Gasteiger partial charge is 0.481 e. The van der Waals surface area contributed by atoms with Gasteiger partial charge in [-0.2, -0.15) is 0 Å². The molecule has 0 saturated carbocycles. The summed E-state index contributed by atoms with van der Waals surface area (Å²) < 4.78 is 5.28. The van der Waals surface area contributed by atoms with Gasteiger partial charge >= 0.3 is 0 Å². The average molecular weight is 377 g/mol. The van der Waals surface area contributed by atoms with Crippen molar-refractivity contribution in [3.8, 4) is 17.1 Å². The van der Waals surface area contributed by atoms with E-state index in [4.69, 9.17) is 4.74 Å². The summed E-state index contributed by atoms with van der Waals surface area (Å²) in [7, 11) is 1.53. The molecule has 0 spiro atoms. The molecule has 0 aliphatic carbocycles. The lowest BCUT2D eigenvalue weighted by Crippen LogP contribution is -2.28. The highest BCUT2D eigenvalue weighted by Crippen LogP contribution is 2.29. The van der Waals surface area contributed by atoms with Crippen molar-refractivity contribution in [3.05, 3.63) is 70.7 Å². The van der Waals surface area contributed by atoms with Crippen LogP contribution in [0.1, 0.15) is 28.5 Å². The van der Waals surface area contributed by atoms with Crippen molar-refractivity contribution in [3.63, 3.8) is 0 Å². The maximum absolute atomic E-state index is 12.6. The Morgan fingerprint density at radius 3 is 2.86 bits per heavy atom. The fourth-order valence-electron chi connectivity index (χ4n) is 3.40. The first-order chi connectivity index (χ1) is 13.7. The van der Waals surface area contributed by atoms with Crippen LogP contribution in [0.25, 0.3) is 11.3 Å². The van der Waals surface area contributed by atoms with E-state index in [0.29, 0.717) is 41.6 Å². The number of likely N-dealkylation sites (tertiary alicyclic amines) is 1. The Bertz CT molecular complexity index is 1050.